The van der Waals surface area contributed by atoms with Gasteiger partial charge in [0.15, 0.2) is 5.60 Å². The van der Waals surface area contributed by atoms with Gasteiger partial charge in [-0.3, -0.25) is 9.69 Å². The smallest absolute Gasteiger partial charge is 0.326 e. The fraction of sp³-hybridized carbons (Fsp3) is 0.500. The molecule has 1 atom stereocenters. The van der Waals surface area contributed by atoms with Gasteiger partial charge in [-0.15, -0.1) is 0 Å². The molecule has 1 amide bonds. The van der Waals surface area contributed by atoms with Crippen molar-refractivity contribution in [2.75, 3.05) is 4.90 Å². The first-order valence-corrected chi connectivity index (χ1v) is 7.83. The zero-order valence-corrected chi connectivity index (χ0v) is 13.7. The lowest BCUT2D eigenvalue weighted by Gasteiger charge is -2.43. The summed E-state index contributed by atoms with van der Waals surface area (Å²) in [5.74, 6) is -0.862. The number of anilines is 1. The topological polar surface area (TPSA) is 66.8 Å². The summed E-state index contributed by atoms with van der Waals surface area (Å²) < 4.78 is 5.95. The van der Waals surface area contributed by atoms with Crippen LogP contribution in [0.25, 0.3) is 0 Å². The van der Waals surface area contributed by atoms with Gasteiger partial charge < -0.3 is 9.84 Å². The molecule has 22 heavy (non-hydrogen) atoms. The van der Waals surface area contributed by atoms with E-state index in [1.54, 1.807) is 25.1 Å². The van der Waals surface area contributed by atoms with Crippen LogP contribution in [-0.2, 0) is 9.59 Å². The average Bonchev–Trinajstić information content (AvgIpc) is 2.50. The summed E-state index contributed by atoms with van der Waals surface area (Å²) in [4.78, 5) is 25.9. The maximum Gasteiger partial charge on any atom is 0.326 e. The van der Waals surface area contributed by atoms with Gasteiger partial charge in [0.2, 0.25) is 0 Å². The fourth-order valence-electron chi connectivity index (χ4n) is 2.82. The van der Waals surface area contributed by atoms with Crippen molar-refractivity contribution in [3.05, 3.63) is 23.2 Å². The highest BCUT2D eigenvalue weighted by Gasteiger charge is 2.49. The summed E-state index contributed by atoms with van der Waals surface area (Å²) in [7, 11) is 0. The maximum atomic E-state index is 13.0. The number of carbonyl (C=O) groups excluding carboxylic acids is 1. The van der Waals surface area contributed by atoms with E-state index in [1.165, 1.54) is 4.90 Å². The van der Waals surface area contributed by atoms with E-state index in [0.717, 1.165) is 0 Å². The highest BCUT2D eigenvalue weighted by molar-refractivity contribution is 6.31. The monoisotopic (exact) mass is 325 g/mol. The van der Waals surface area contributed by atoms with Crippen LogP contribution in [0.2, 0.25) is 5.02 Å². The second-order valence-electron chi connectivity index (χ2n) is 5.35. The van der Waals surface area contributed by atoms with Crippen molar-refractivity contribution in [1.82, 2.24) is 0 Å². The molecule has 0 saturated heterocycles. The van der Waals surface area contributed by atoms with Gasteiger partial charge in [0.05, 0.1) is 5.69 Å². The third-order valence-electron chi connectivity index (χ3n) is 4.22. The van der Waals surface area contributed by atoms with Gasteiger partial charge in [0.1, 0.15) is 11.8 Å². The quantitative estimate of drug-likeness (QED) is 0.900. The third-order valence-corrected chi connectivity index (χ3v) is 4.46. The van der Waals surface area contributed by atoms with E-state index in [1.807, 2.05) is 13.8 Å². The molecule has 0 spiro atoms. The van der Waals surface area contributed by atoms with Crippen molar-refractivity contribution in [2.24, 2.45) is 0 Å². The lowest BCUT2D eigenvalue weighted by Crippen LogP contribution is -2.60. The number of ether oxygens (including phenoxy) is 1. The minimum Gasteiger partial charge on any atom is -0.480 e. The molecule has 1 aromatic rings. The third kappa shape index (κ3) is 2.54. The fourth-order valence-corrected chi connectivity index (χ4v) is 2.99. The maximum absolute atomic E-state index is 13.0. The summed E-state index contributed by atoms with van der Waals surface area (Å²) >= 11 is 6.02. The Kier molecular flexibility index (Phi) is 4.66. The van der Waals surface area contributed by atoms with Crippen molar-refractivity contribution in [3.8, 4) is 5.75 Å². The van der Waals surface area contributed by atoms with Crippen molar-refractivity contribution in [1.29, 1.82) is 0 Å². The molecule has 0 aliphatic carbocycles. The average molecular weight is 326 g/mol. The number of halogens is 1. The minimum atomic E-state index is -1.04. The van der Waals surface area contributed by atoms with Crippen molar-refractivity contribution in [2.45, 2.75) is 51.7 Å². The Balaban J connectivity index is 2.65. The van der Waals surface area contributed by atoms with Gasteiger partial charge >= 0.3 is 5.97 Å². The second-order valence-corrected chi connectivity index (χ2v) is 5.79. The summed E-state index contributed by atoms with van der Waals surface area (Å²) in [6.45, 7) is 5.47. The SMILES string of the molecule is CCC(C(=O)O)N1C(=O)C(CC)(CC)Oc2ccc(Cl)cc21. The molecule has 6 heteroatoms. The Labute approximate surface area is 134 Å². The predicted octanol–water partition coefficient (Wildman–Crippen LogP) is 3.49. The van der Waals surface area contributed by atoms with E-state index in [2.05, 4.69) is 0 Å². The molecule has 120 valence electrons. The van der Waals surface area contributed by atoms with E-state index in [9.17, 15) is 14.7 Å². The molecule has 1 aromatic carbocycles. The van der Waals surface area contributed by atoms with Crippen LogP contribution in [0, 0.1) is 0 Å². The zero-order chi connectivity index (χ0) is 16.5. The highest BCUT2D eigenvalue weighted by atomic mass is 35.5. The molecular weight excluding hydrogens is 306 g/mol. The molecule has 0 aromatic heterocycles. The molecule has 0 fully saturated rings. The van der Waals surface area contributed by atoms with Crippen LogP contribution in [0.4, 0.5) is 5.69 Å². The van der Waals surface area contributed by atoms with E-state index in [-0.39, 0.29) is 5.91 Å². The molecule has 1 aliphatic rings. The number of hydrogen-bond donors (Lipinski definition) is 1. The van der Waals surface area contributed by atoms with Gasteiger partial charge in [0, 0.05) is 5.02 Å². The summed E-state index contributed by atoms with van der Waals surface area (Å²) in [6, 6.07) is 4.00. The van der Waals surface area contributed by atoms with E-state index in [4.69, 9.17) is 16.3 Å². The van der Waals surface area contributed by atoms with Gasteiger partial charge in [-0.25, -0.2) is 4.79 Å². The molecule has 0 bridgehead atoms. The van der Waals surface area contributed by atoms with E-state index >= 15 is 0 Å². The molecule has 1 N–H and O–H groups in total. The molecular formula is C16H20ClNO4. The Morgan fingerprint density at radius 2 is 2.00 bits per heavy atom. The first kappa shape index (κ1) is 16.6. The highest BCUT2D eigenvalue weighted by Crippen LogP contribution is 2.43. The lowest BCUT2D eigenvalue weighted by molar-refractivity contribution is -0.144. The van der Waals surface area contributed by atoms with Crippen LogP contribution in [-0.4, -0.2) is 28.6 Å². The normalized spacial score (nSPS) is 17.6. The number of fused-ring (bicyclic) bond motifs is 1. The molecule has 1 aliphatic heterocycles. The predicted molar refractivity (Wildman–Crippen MR) is 84.6 cm³/mol. The second kappa shape index (κ2) is 6.16. The van der Waals surface area contributed by atoms with Crippen molar-refractivity contribution >= 4 is 29.2 Å². The zero-order valence-electron chi connectivity index (χ0n) is 12.9. The number of carboxylic acid groups (broad SMARTS) is 1. The molecule has 2 rings (SSSR count). The van der Waals surface area contributed by atoms with E-state index in [0.29, 0.717) is 35.7 Å². The molecule has 0 saturated carbocycles. The summed E-state index contributed by atoms with van der Waals surface area (Å²) in [5.41, 5.74) is -0.603. The van der Waals surface area contributed by atoms with Crippen LogP contribution in [0.3, 0.4) is 0 Å². The van der Waals surface area contributed by atoms with Gasteiger partial charge in [-0.05, 0) is 37.5 Å². The van der Waals surface area contributed by atoms with Crippen LogP contribution < -0.4 is 9.64 Å². The number of rotatable bonds is 5. The Morgan fingerprint density at radius 3 is 2.50 bits per heavy atom. The van der Waals surface area contributed by atoms with Gasteiger partial charge in [-0.1, -0.05) is 32.4 Å². The standard InChI is InChI=1S/C16H20ClNO4/c1-4-11(14(19)20)18-12-9-10(17)7-8-13(12)22-16(5-2,6-3)15(18)21/h7-9,11H,4-6H2,1-3H3,(H,19,20). The number of carbonyl (C=O) groups is 2. The van der Waals surface area contributed by atoms with Crippen LogP contribution in [0.5, 0.6) is 5.75 Å². The molecule has 0 radical (unpaired) electrons. The van der Waals surface area contributed by atoms with E-state index < -0.39 is 17.6 Å². The van der Waals surface area contributed by atoms with Crippen molar-refractivity contribution < 1.29 is 19.4 Å². The van der Waals surface area contributed by atoms with Crippen LogP contribution >= 0.6 is 11.6 Å². The summed E-state index contributed by atoms with van der Waals surface area (Å²) in [6.07, 6.45) is 1.24. The molecule has 1 heterocycles. The lowest BCUT2D eigenvalue weighted by atomic mass is 9.91. The Hall–Kier alpha value is -1.75. The molecule has 1 unspecified atom stereocenters. The number of carboxylic acids is 1. The number of nitrogens with zero attached hydrogens (tertiary/aromatic N) is 1. The van der Waals surface area contributed by atoms with Crippen LogP contribution in [0.1, 0.15) is 40.0 Å². The summed E-state index contributed by atoms with van der Waals surface area (Å²) in [5, 5.41) is 9.92. The number of hydrogen-bond acceptors (Lipinski definition) is 3. The van der Waals surface area contributed by atoms with Gasteiger partial charge in [-0.2, -0.15) is 0 Å². The number of amides is 1. The largest absolute Gasteiger partial charge is 0.480 e. The Bertz CT molecular complexity index is 598. The van der Waals surface area contributed by atoms with Crippen LogP contribution in [0.15, 0.2) is 18.2 Å². The molecule has 5 nitrogen and oxygen atoms in total. The number of aliphatic carboxylic acids is 1. The minimum absolute atomic E-state index is 0.302. The first-order valence-electron chi connectivity index (χ1n) is 7.45. The van der Waals surface area contributed by atoms with Crippen molar-refractivity contribution in [3.63, 3.8) is 0 Å². The number of benzene rings is 1. The Morgan fingerprint density at radius 1 is 1.36 bits per heavy atom. The van der Waals surface area contributed by atoms with Gasteiger partial charge in [0.25, 0.3) is 5.91 Å². The first-order chi connectivity index (χ1) is 10.4.